The lowest BCUT2D eigenvalue weighted by Crippen LogP contribution is -2.18. The van der Waals surface area contributed by atoms with Gasteiger partial charge in [0.1, 0.15) is 0 Å². The third kappa shape index (κ3) is 5.54. The number of hydrogen-bond acceptors (Lipinski definition) is 3. The van der Waals surface area contributed by atoms with Gasteiger partial charge in [0.25, 0.3) is 0 Å². The summed E-state index contributed by atoms with van der Waals surface area (Å²) in [6.07, 6.45) is 4.41. The molecule has 0 unspecified atom stereocenters. The van der Waals surface area contributed by atoms with Gasteiger partial charge in [-0.3, -0.25) is 0 Å². The van der Waals surface area contributed by atoms with Gasteiger partial charge in [0.05, 0.1) is 11.4 Å². The van der Waals surface area contributed by atoms with Crippen LogP contribution < -0.4 is 9.06 Å². The predicted molar refractivity (Wildman–Crippen MR) is 209 cm³/mol. The number of rotatable bonds is 3. The van der Waals surface area contributed by atoms with Crippen molar-refractivity contribution in [1.82, 2.24) is 4.98 Å². The molecule has 0 saturated carbocycles. The largest absolute Gasteiger partial charge is 0.358 e. The molecule has 3 aromatic carbocycles. The van der Waals surface area contributed by atoms with Gasteiger partial charge >= 0.3 is 0 Å². The molecular formula is C42H33IN2S2. The van der Waals surface area contributed by atoms with Crippen LogP contribution in [0.25, 0.3) is 16.7 Å². The Morgan fingerprint density at radius 3 is 1.87 bits per heavy atom. The maximum Gasteiger partial charge on any atom is 0.0730 e. The Hall–Kier alpha value is -4.04. The lowest BCUT2D eigenvalue weighted by molar-refractivity contribution is 0.635. The number of fused-ring (bicyclic) bond motifs is 7. The van der Waals surface area contributed by atoms with Crippen LogP contribution >= 0.6 is 45.3 Å². The minimum Gasteiger partial charge on any atom is -0.358 e. The summed E-state index contributed by atoms with van der Waals surface area (Å²) in [5.41, 5.74) is 13.7. The van der Waals surface area contributed by atoms with Crippen molar-refractivity contribution in [2.24, 2.45) is 4.99 Å². The van der Waals surface area contributed by atoms with E-state index in [9.17, 15) is 0 Å². The molecule has 230 valence electrons. The van der Waals surface area contributed by atoms with E-state index in [0.29, 0.717) is 0 Å². The maximum atomic E-state index is 5.43. The molecule has 0 saturated heterocycles. The zero-order chi connectivity index (χ0) is 32.3. The maximum absolute atomic E-state index is 5.43. The van der Waals surface area contributed by atoms with Crippen LogP contribution in [-0.2, 0) is 5.41 Å². The van der Waals surface area contributed by atoms with Crippen LogP contribution in [0.3, 0.4) is 0 Å². The van der Waals surface area contributed by atoms with E-state index in [1.54, 1.807) is 0 Å². The van der Waals surface area contributed by atoms with Crippen molar-refractivity contribution in [1.29, 1.82) is 0 Å². The fraction of sp³-hybridized carbons (Fsp3) is 0.119. The first-order chi connectivity index (χ1) is 22.7. The topological polar surface area (TPSA) is 28.1 Å². The second-order valence-corrected chi connectivity index (χ2v) is 16.2. The van der Waals surface area contributed by atoms with Crippen molar-refractivity contribution in [3.8, 4) is 0 Å². The highest BCUT2D eigenvalue weighted by Crippen LogP contribution is 2.41. The average molecular weight is 757 g/mol. The smallest absolute Gasteiger partial charge is 0.0730 e. The summed E-state index contributed by atoms with van der Waals surface area (Å²) in [6, 6.07) is 40.3. The minimum absolute atomic E-state index is 0.217. The van der Waals surface area contributed by atoms with Gasteiger partial charge in [-0.2, -0.15) is 0 Å². The lowest BCUT2D eigenvalue weighted by Gasteiger charge is -2.22. The number of aryl methyl sites for hydroxylation is 2. The SMILES string of the molecule is Cc1ccc(/C2=C3\C=CC(=N3)/C(c3ccc(C)cc3)=c3/cc/c(s3)=C(\c3ccc(I)cc3)c3ccc([nH]3)C(C)(C)c3ccc2s3)cc1. The van der Waals surface area contributed by atoms with Crippen LogP contribution in [0, 0.1) is 17.4 Å². The Bertz CT molecular complexity index is 2370. The summed E-state index contributed by atoms with van der Waals surface area (Å²) in [7, 11) is 0. The second kappa shape index (κ2) is 11.9. The molecule has 2 aliphatic heterocycles. The first-order valence-electron chi connectivity index (χ1n) is 15.8. The van der Waals surface area contributed by atoms with Crippen molar-refractivity contribution >= 4 is 67.7 Å². The summed E-state index contributed by atoms with van der Waals surface area (Å²) >= 11 is 6.08. The van der Waals surface area contributed by atoms with Gasteiger partial charge in [0.2, 0.25) is 0 Å². The minimum atomic E-state index is -0.217. The van der Waals surface area contributed by atoms with Gasteiger partial charge in [0.15, 0.2) is 0 Å². The van der Waals surface area contributed by atoms with Crippen molar-refractivity contribution in [2.75, 3.05) is 0 Å². The third-order valence-corrected chi connectivity index (χ3v) is 12.4. The van der Waals surface area contributed by atoms with E-state index in [1.165, 1.54) is 67.0 Å². The molecule has 1 N–H and O–H groups in total. The molecule has 8 bridgehead atoms. The number of thiophene rings is 2. The number of aliphatic imine (C=N–C) groups is 1. The Kier molecular flexibility index (Phi) is 7.66. The Morgan fingerprint density at radius 1 is 0.596 bits per heavy atom. The van der Waals surface area contributed by atoms with E-state index in [2.05, 4.69) is 177 Å². The third-order valence-electron chi connectivity index (χ3n) is 9.16. The second-order valence-electron chi connectivity index (χ2n) is 12.8. The van der Waals surface area contributed by atoms with E-state index < -0.39 is 0 Å². The van der Waals surface area contributed by atoms with Crippen LogP contribution in [0.4, 0.5) is 0 Å². The molecule has 0 amide bonds. The van der Waals surface area contributed by atoms with E-state index in [4.69, 9.17) is 4.99 Å². The zero-order valence-electron chi connectivity index (χ0n) is 26.7. The highest BCUT2D eigenvalue weighted by molar-refractivity contribution is 14.1. The molecule has 6 aromatic rings. The Balaban J connectivity index is 1.49. The van der Waals surface area contributed by atoms with Crippen LogP contribution in [0.5, 0.6) is 0 Å². The summed E-state index contributed by atoms with van der Waals surface area (Å²) in [5, 5.41) is 0. The monoisotopic (exact) mass is 756 g/mol. The number of H-pyrrole nitrogens is 1. The lowest BCUT2D eigenvalue weighted by atomic mass is 9.88. The molecule has 0 aliphatic carbocycles. The van der Waals surface area contributed by atoms with Crippen molar-refractivity contribution in [2.45, 2.75) is 33.1 Å². The van der Waals surface area contributed by atoms with Crippen molar-refractivity contribution in [3.63, 3.8) is 0 Å². The number of aromatic nitrogens is 1. The molecule has 0 fully saturated rings. The van der Waals surface area contributed by atoms with Gasteiger partial charge < -0.3 is 4.98 Å². The van der Waals surface area contributed by atoms with Gasteiger partial charge in [-0.15, -0.1) is 22.7 Å². The van der Waals surface area contributed by atoms with Crippen LogP contribution in [-0.4, -0.2) is 10.7 Å². The zero-order valence-corrected chi connectivity index (χ0v) is 30.5. The number of aromatic amines is 1. The molecule has 2 aliphatic rings. The number of halogens is 1. The molecule has 2 nitrogen and oxygen atoms in total. The molecular weight excluding hydrogens is 724 g/mol. The van der Waals surface area contributed by atoms with Gasteiger partial charge in [-0.25, -0.2) is 4.99 Å². The first-order valence-corrected chi connectivity index (χ1v) is 18.5. The molecule has 0 radical (unpaired) electrons. The standard InChI is InChI=1S/C42H33IN2S2/c1-25-5-9-27(10-6-25)39-31-17-18-32(44-31)40(28-11-7-26(2)8-12-28)36-22-24-38(47-36)42(3,4)37-23-19-33(45-37)41(35-21-20-34(39)46-35)29-13-15-30(43)16-14-29/h5-24,45H,1-4H3/b39-34-,40-32-,41-35-. The van der Waals surface area contributed by atoms with Crippen LogP contribution in [0.1, 0.15) is 62.8 Å². The van der Waals surface area contributed by atoms with Gasteiger partial charge in [-0.1, -0.05) is 71.8 Å². The molecule has 5 heterocycles. The molecule has 0 spiro atoms. The van der Waals surface area contributed by atoms with Gasteiger partial charge in [-0.05, 0) is 128 Å². The summed E-state index contributed by atoms with van der Waals surface area (Å²) in [5.74, 6) is 0. The molecule has 5 heteroatoms. The molecule has 0 atom stereocenters. The van der Waals surface area contributed by atoms with Crippen molar-refractivity contribution < 1.29 is 0 Å². The molecule has 47 heavy (non-hydrogen) atoms. The number of hydrogen-bond donors (Lipinski definition) is 1. The van der Waals surface area contributed by atoms with Crippen molar-refractivity contribution in [3.05, 3.63) is 189 Å². The molecule has 8 rings (SSSR count). The summed E-state index contributed by atoms with van der Waals surface area (Å²) < 4.78 is 3.65. The average Bonchev–Trinajstić information content (AvgIpc) is 3.89. The fourth-order valence-electron chi connectivity index (χ4n) is 6.41. The summed E-state index contributed by atoms with van der Waals surface area (Å²) in [6.45, 7) is 8.93. The van der Waals surface area contributed by atoms with E-state index in [0.717, 1.165) is 22.7 Å². The highest BCUT2D eigenvalue weighted by atomic mass is 127. The number of benzene rings is 3. The van der Waals surface area contributed by atoms with E-state index >= 15 is 0 Å². The summed E-state index contributed by atoms with van der Waals surface area (Å²) in [4.78, 5) is 11.9. The van der Waals surface area contributed by atoms with Crippen LogP contribution in [0.15, 0.2) is 132 Å². The molecule has 3 aromatic heterocycles. The normalized spacial score (nSPS) is 19.2. The van der Waals surface area contributed by atoms with Gasteiger partial charge in [0, 0.05) is 55.9 Å². The van der Waals surface area contributed by atoms with E-state index in [-0.39, 0.29) is 5.41 Å². The predicted octanol–water partition coefficient (Wildman–Crippen LogP) is 9.92. The first kappa shape index (κ1) is 30.3. The fourth-order valence-corrected chi connectivity index (χ4v) is 9.14. The number of nitrogens with one attached hydrogen (secondary N) is 1. The Morgan fingerprint density at radius 2 is 1.19 bits per heavy atom. The number of nitrogens with zero attached hydrogens (tertiary/aromatic N) is 1. The van der Waals surface area contributed by atoms with E-state index in [1.807, 2.05) is 22.7 Å². The highest BCUT2D eigenvalue weighted by Gasteiger charge is 2.29. The quantitative estimate of drug-likeness (QED) is 0.174. The Labute approximate surface area is 297 Å². The number of allylic oxidation sites excluding steroid dienone is 2. The van der Waals surface area contributed by atoms with Crippen LogP contribution in [0.2, 0.25) is 0 Å².